The summed E-state index contributed by atoms with van der Waals surface area (Å²) in [7, 11) is 0. The number of anilines is 1. The third-order valence-electron chi connectivity index (χ3n) is 4.97. The van der Waals surface area contributed by atoms with Gasteiger partial charge in [-0.05, 0) is 12.5 Å². The Kier molecular flexibility index (Phi) is 4.70. The number of imidazole rings is 1. The Labute approximate surface area is 157 Å². The van der Waals surface area contributed by atoms with Crippen molar-refractivity contribution < 1.29 is 22.0 Å². The SMILES string of the molecule is N[C@@H]1CN(c2nc3cc(F)c(F)cc3n2Cc2ccc(F)cc2F)CCC1F. The van der Waals surface area contributed by atoms with E-state index in [1.165, 1.54) is 10.6 Å². The van der Waals surface area contributed by atoms with Gasteiger partial charge >= 0.3 is 0 Å². The van der Waals surface area contributed by atoms with E-state index in [0.29, 0.717) is 12.5 Å². The summed E-state index contributed by atoms with van der Waals surface area (Å²) in [6, 6.07) is 4.33. The summed E-state index contributed by atoms with van der Waals surface area (Å²) in [6.07, 6.45) is -0.976. The Morgan fingerprint density at radius 1 is 1.04 bits per heavy atom. The zero-order chi connectivity index (χ0) is 20.0. The highest BCUT2D eigenvalue weighted by Gasteiger charge is 2.29. The van der Waals surface area contributed by atoms with E-state index in [4.69, 9.17) is 5.73 Å². The topological polar surface area (TPSA) is 47.1 Å². The molecule has 1 aliphatic rings. The molecule has 0 saturated carbocycles. The van der Waals surface area contributed by atoms with Crippen LogP contribution in [0.5, 0.6) is 0 Å². The normalized spacial score (nSPS) is 20.1. The molecule has 0 aliphatic carbocycles. The number of aromatic nitrogens is 2. The smallest absolute Gasteiger partial charge is 0.206 e. The lowest BCUT2D eigenvalue weighted by atomic mass is 10.1. The summed E-state index contributed by atoms with van der Waals surface area (Å²) in [4.78, 5) is 6.06. The van der Waals surface area contributed by atoms with Gasteiger partial charge in [-0.25, -0.2) is 26.9 Å². The van der Waals surface area contributed by atoms with Crippen LogP contribution in [0.25, 0.3) is 11.0 Å². The highest BCUT2D eigenvalue weighted by molar-refractivity contribution is 5.79. The molecule has 2 heterocycles. The third kappa shape index (κ3) is 3.30. The van der Waals surface area contributed by atoms with E-state index in [9.17, 15) is 22.0 Å². The molecule has 9 heteroatoms. The summed E-state index contributed by atoms with van der Waals surface area (Å²) < 4.78 is 70.2. The lowest BCUT2D eigenvalue weighted by Gasteiger charge is -2.34. The monoisotopic (exact) mass is 396 g/mol. The number of nitrogens with zero attached hydrogens (tertiary/aromatic N) is 3. The molecule has 1 fully saturated rings. The summed E-state index contributed by atoms with van der Waals surface area (Å²) in [5, 5.41) is 0. The van der Waals surface area contributed by atoms with Crippen molar-refractivity contribution in [3.63, 3.8) is 0 Å². The molecule has 0 bridgehead atoms. The number of rotatable bonds is 3. The van der Waals surface area contributed by atoms with Gasteiger partial charge in [-0.2, -0.15) is 0 Å². The number of hydrogen-bond donors (Lipinski definition) is 1. The lowest BCUT2D eigenvalue weighted by Crippen LogP contribution is -2.50. The molecule has 1 unspecified atom stereocenters. The summed E-state index contributed by atoms with van der Waals surface area (Å²) in [6.45, 7) is 0.365. The molecule has 2 aromatic carbocycles. The lowest BCUT2D eigenvalue weighted by molar-refractivity contribution is 0.243. The molecular formula is C19H17F5N4. The minimum atomic E-state index is -1.15. The van der Waals surface area contributed by atoms with Crippen molar-refractivity contribution in [3.8, 4) is 0 Å². The van der Waals surface area contributed by atoms with Gasteiger partial charge in [0.05, 0.1) is 23.6 Å². The van der Waals surface area contributed by atoms with Gasteiger partial charge in [0.25, 0.3) is 0 Å². The van der Waals surface area contributed by atoms with Crippen molar-refractivity contribution in [2.75, 3.05) is 18.0 Å². The second-order valence-electron chi connectivity index (χ2n) is 6.90. The van der Waals surface area contributed by atoms with Crippen molar-refractivity contribution in [3.05, 3.63) is 59.2 Å². The molecule has 2 atom stereocenters. The van der Waals surface area contributed by atoms with Gasteiger partial charge in [0.1, 0.15) is 17.8 Å². The largest absolute Gasteiger partial charge is 0.340 e. The van der Waals surface area contributed by atoms with Gasteiger partial charge in [0.2, 0.25) is 5.95 Å². The van der Waals surface area contributed by atoms with Gasteiger partial charge in [-0.15, -0.1) is 0 Å². The summed E-state index contributed by atoms with van der Waals surface area (Å²) in [5.74, 6) is -3.32. The Morgan fingerprint density at radius 2 is 1.79 bits per heavy atom. The maximum atomic E-state index is 14.2. The van der Waals surface area contributed by atoms with Crippen molar-refractivity contribution in [2.24, 2.45) is 5.73 Å². The first-order valence-corrected chi connectivity index (χ1v) is 8.77. The average molecular weight is 396 g/mol. The average Bonchev–Trinajstić information content (AvgIpc) is 2.97. The zero-order valence-electron chi connectivity index (χ0n) is 14.7. The molecule has 0 amide bonds. The molecule has 148 valence electrons. The van der Waals surface area contributed by atoms with Crippen LogP contribution < -0.4 is 10.6 Å². The molecule has 0 spiro atoms. The predicted octanol–water partition coefficient (Wildman–Crippen LogP) is 3.52. The van der Waals surface area contributed by atoms with Gasteiger partial charge in [0, 0.05) is 36.9 Å². The third-order valence-corrected chi connectivity index (χ3v) is 4.97. The van der Waals surface area contributed by atoms with Crippen molar-refractivity contribution >= 4 is 17.0 Å². The number of alkyl halides is 1. The zero-order valence-corrected chi connectivity index (χ0v) is 14.7. The first-order valence-electron chi connectivity index (χ1n) is 8.77. The number of nitrogens with two attached hydrogens (primary N) is 1. The molecular weight excluding hydrogens is 379 g/mol. The van der Waals surface area contributed by atoms with Crippen LogP contribution >= 0.6 is 0 Å². The van der Waals surface area contributed by atoms with E-state index in [1.54, 1.807) is 4.90 Å². The Balaban J connectivity index is 1.83. The second kappa shape index (κ2) is 7.05. The van der Waals surface area contributed by atoms with Crippen molar-refractivity contribution in [1.29, 1.82) is 0 Å². The second-order valence-corrected chi connectivity index (χ2v) is 6.90. The van der Waals surface area contributed by atoms with E-state index in [0.717, 1.165) is 24.3 Å². The Morgan fingerprint density at radius 3 is 2.50 bits per heavy atom. The maximum absolute atomic E-state index is 14.2. The minimum absolute atomic E-state index is 0.0895. The van der Waals surface area contributed by atoms with Gasteiger partial charge < -0.3 is 15.2 Å². The fraction of sp³-hybridized carbons (Fsp3) is 0.316. The van der Waals surface area contributed by atoms with E-state index in [1.807, 2.05) is 0 Å². The molecule has 1 saturated heterocycles. The van der Waals surface area contributed by atoms with Crippen LogP contribution in [-0.2, 0) is 6.54 Å². The fourth-order valence-electron chi connectivity index (χ4n) is 3.46. The maximum Gasteiger partial charge on any atom is 0.206 e. The van der Waals surface area contributed by atoms with Gasteiger partial charge in [-0.3, -0.25) is 0 Å². The standard InChI is InChI=1S/C19H17F5N4/c20-11-2-1-10(13(22)5-11)8-28-18-7-15(24)14(23)6-17(18)26-19(28)27-4-3-12(21)16(25)9-27/h1-2,5-7,12,16H,3-4,8-9,25H2/t12?,16-/m1/s1. The Bertz CT molecular complexity index is 1030. The summed E-state index contributed by atoms with van der Waals surface area (Å²) in [5.41, 5.74) is 6.38. The molecule has 1 aliphatic heterocycles. The quantitative estimate of drug-likeness (QED) is 0.690. The van der Waals surface area contributed by atoms with Crippen LogP contribution in [0.3, 0.4) is 0 Å². The van der Waals surface area contributed by atoms with E-state index < -0.39 is 35.5 Å². The fourth-order valence-corrected chi connectivity index (χ4v) is 3.46. The molecule has 0 radical (unpaired) electrons. The van der Waals surface area contributed by atoms with Crippen LogP contribution in [0.4, 0.5) is 27.9 Å². The highest BCUT2D eigenvalue weighted by Crippen LogP contribution is 2.29. The molecule has 4 rings (SSSR count). The molecule has 1 aromatic heterocycles. The molecule has 3 aromatic rings. The van der Waals surface area contributed by atoms with Crippen LogP contribution in [0.15, 0.2) is 30.3 Å². The molecule has 28 heavy (non-hydrogen) atoms. The van der Waals surface area contributed by atoms with Crippen molar-refractivity contribution in [1.82, 2.24) is 9.55 Å². The predicted molar refractivity (Wildman–Crippen MR) is 94.8 cm³/mol. The van der Waals surface area contributed by atoms with E-state index >= 15 is 0 Å². The van der Waals surface area contributed by atoms with E-state index in [2.05, 4.69) is 4.98 Å². The molecule has 2 N–H and O–H groups in total. The van der Waals surface area contributed by atoms with Crippen LogP contribution in [-0.4, -0.2) is 34.9 Å². The number of halogens is 5. The van der Waals surface area contributed by atoms with Crippen LogP contribution in [0.2, 0.25) is 0 Å². The van der Waals surface area contributed by atoms with Crippen molar-refractivity contribution in [2.45, 2.75) is 25.2 Å². The number of benzene rings is 2. The van der Waals surface area contributed by atoms with Gasteiger partial charge in [0.15, 0.2) is 11.6 Å². The number of hydrogen-bond acceptors (Lipinski definition) is 3. The number of piperidine rings is 1. The van der Waals surface area contributed by atoms with E-state index in [-0.39, 0.29) is 36.1 Å². The Hall–Kier alpha value is -2.68. The number of fused-ring (bicyclic) bond motifs is 1. The van der Waals surface area contributed by atoms with Crippen LogP contribution in [0.1, 0.15) is 12.0 Å². The molecule has 4 nitrogen and oxygen atoms in total. The first-order chi connectivity index (χ1) is 13.3. The van der Waals surface area contributed by atoms with Gasteiger partial charge in [-0.1, -0.05) is 6.07 Å². The van der Waals surface area contributed by atoms with Crippen LogP contribution in [0, 0.1) is 23.3 Å². The first kappa shape index (κ1) is 18.7. The highest BCUT2D eigenvalue weighted by atomic mass is 19.2. The summed E-state index contributed by atoms with van der Waals surface area (Å²) >= 11 is 0. The minimum Gasteiger partial charge on any atom is -0.340 e.